The summed E-state index contributed by atoms with van der Waals surface area (Å²) in [5.74, 6) is 0.0248. The Balaban J connectivity index is 0.00000242. The first-order valence-electron chi connectivity index (χ1n) is 7.35. The third-order valence-electron chi connectivity index (χ3n) is 3.47. The van der Waals surface area contributed by atoms with Gasteiger partial charge in [-0.25, -0.2) is 0 Å². The minimum absolute atomic E-state index is 0. The molecule has 0 radical (unpaired) electrons. The molecule has 3 N–H and O–H groups in total. The van der Waals surface area contributed by atoms with Crippen LogP contribution >= 0.6 is 12.4 Å². The van der Waals surface area contributed by atoms with Gasteiger partial charge in [-0.05, 0) is 43.9 Å². The number of para-hydroxylation sites is 2. The van der Waals surface area contributed by atoms with Crippen LogP contribution in [-0.2, 0) is 11.2 Å². The van der Waals surface area contributed by atoms with Crippen LogP contribution < -0.4 is 11.1 Å². The number of unbranched alkanes of at least 4 members (excludes halogenated alkanes) is 1. The number of nitrogen functional groups attached to an aromatic ring is 1. The lowest BCUT2D eigenvalue weighted by atomic mass is 10.1. The highest BCUT2D eigenvalue weighted by molar-refractivity contribution is 5.93. The van der Waals surface area contributed by atoms with Crippen LogP contribution in [0, 0.1) is 6.92 Å². The molecule has 0 saturated carbocycles. The van der Waals surface area contributed by atoms with Gasteiger partial charge in [0.2, 0.25) is 5.91 Å². The van der Waals surface area contributed by atoms with Crippen LogP contribution in [-0.4, -0.2) is 5.91 Å². The van der Waals surface area contributed by atoms with Gasteiger partial charge >= 0.3 is 0 Å². The van der Waals surface area contributed by atoms with Gasteiger partial charge in [-0.2, -0.15) is 0 Å². The standard InChI is InChI=1S/C18H22N2O.ClH/c1-14-10-12-15(13-11-14)6-2-5-9-18(21)20-17-8-4-3-7-16(17)19;/h3-4,7-8,10-13H,2,5-6,9,19H2,1H3,(H,20,21);1H. The number of amides is 1. The molecule has 0 aliphatic rings. The number of halogens is 1. The summed E-state index contributed by atoms with van der Waals surface area (Å²) in [4.78, 5) is 11.9. The molecule has 4 heteroatoms. The van der Waals surface area contributed by atoms with Gasteiger partial charge in [-0.1, -0.05) is 42.0 Å². The number of carbonyl (C=O) groups is 1. The first kappa shape index (κ1) is 18.1. The van der Waals surface area contributed by atoms with Gasteiger partial charge in [0.1, 0.15) is 0 Å². The fourth-order valence-corrected chi connectivity index (χ4v) is 2.19. The second kappa shape index (κ2) is 9.11. The summed E-state index contributed by atoms with van der Waals surface area (Å²) >= 11 is 0. The van der Waals surface area contributed by atoms with Crippen molar-refractivity contribution in [3.05, 3.63) is 59.7 Å². The SMILES string of the molecule is Cc1ccc(CCCCC(=O)Nc2ccccc2N)cc1.Cl. The highest BCUT2D eigenvalue weighted by Gasteiger charge is 2.04. The summed E-state index contributed by atoms with van der Waals surface area (Å²) in [6.45, 7) is 2.09. The molecule has 0 bridgehead atoms. The molecule has 3 nitrogen and oxygen atoms in total. The Hall–Kier alpha value is -2.00. The third kappa shape index (κ3) is 5.78. The first-order chi connectivity index (χ1) is 10.1. The van der Waals surface area contributed by atoms with E-state index in [4.69, 9.17) is 5.73 Å². The Bertz CT molecular complexity index is 596. The molecule has 1 amide bonds. The molecule has 2 aromatic rings. The average molecular weight is 319 g/mol. The first-order valence-corrected chi connectivity index (χ1v) is 7.35. The monoisotopic (exact) mass is 318 g/mol. The average Bonchev–Trinajstić information content (AvgIpc) is 2.48. The van der Waals surface area contributed by atoms with Gasteiger partial charge < -0.3 is 11.1 Å². The Morgan fingerprint density at radius 1 is 1.05 bits per heavy atom. The Kier molecular flexibility index (Phi) is 7.47. The van der Waals surface area contributed by atoms with Crippen molar-refractivity contribution in [3.8, 4) is 0 Å². The summed E-state index contributed by atoms with van der Waals surface area (Å²) < 4.78 is 0. The number of nitrogens with two attached hydrogens (primary N) is 1. The molecule has 0 heterocycles. The Labute approximate surface area is 138 Å². The van der Waals surface area contributed by atoms with E-state index < -0.39 is 0 Å². The molecule has 2 aromatic carbocycles. The van der Waals surface area contributed by atoms with E-state index in [2.05, 4.69) is 36.5 Å². The number of nitrogens with one attached hydrogen (secondary N) is 1. The summed E-state index contributed by atoms with van der Waals surface area (Å²) in [5.41, 5.74) is 9.70. The van der Waals surface area contributed by atoms with Gasteiger partial charge in [0.05, 0.1) is 11.4 Å². The fraction of sp³-hybridized carbons (Fsp3) is 0.278. The van der Waals surface area contributed by atoms with E-state index in [0.29, 0.717) is 17.8 Å². The van der Waals surface area contributed by atoms with E-state index >= 15 is 0 Å². The topological polar surface area (TPSA) is 55.1 Å². The van der Waals surface area contributed by atoms with Crippen molar-refractivity contribution in [1.29, 1.82) is 0 Å². The molecule has 0 atom stereocenters. The van der Waals surface area contributed by atoms with E-state index in [9.17, 15) is 4.79 Å². The van der Waals surface area contributed by atoms with Crippen LogP contribution in [0.3, 0.4) is 0 Å². The summed E-state index contributed by atoms with van der Waals surface area (Å²) in [7, 11) is 0. The van der Waals surface area contributed by atoms with Gasteiger partial charge in [-0.3, -0.25) is 4.79 Å². The van der Waals surface area contributed by atoms with E-state index in [1.807, 2.05) is 18.2 Å². The van der Waals surface area contributed by atoms with Crippen LogP contribution in [0.1, 0.15) is 30.4 Å². The zero-order chi connectivity index (χ0) is 15.1. The van der Waals surface area contributed by atoms with Gasteiger partial charge in [0, 0.05) is 6.42 Å². The highest BCUT2D eigenvalue weighted by Crippen LogP contribution is 2.17. The molecule has 0 saturated heterocycles. The van der Waals surface area contributed by atoms with Crippen LogP contribution in [0.15, 0.2) is 48.5 Å². The summed E-state index contributed by atoms with van der Waals surface area (Å²) in [6.07, 6.45) is 3.44. The maximum Gasteiger partial charge on any atom is 0.224 e. The van der Waals surface area contributed by atoms with E-state index in [-0.39, 0.29) is 18.3 Å². The third-order valence-corrected chi connectivity index (χ3v) is 3.47. The van der Waals surface area contributed by atoms with Crippen molar-refractivity contribution in [1.82, 2.24) is 0 Å². The predicted octanol–water partition coefficient (Wildman–Crippen LogP) is 4.35. The van der Waals surface area contributed by atoms with Gasteiger partial charge in [0.25, 0.3) is 0 Å². The lowest BCUT2D eigenvalue weighted by Crippen LogP contribution is -2.12. The van der Waals surface area contributed by atoms with Crippen molar-refractivity contribution in [2.24, 2.45) is 0 Å². The quantitative estimate of drug-likeness (QED) is 0.614. The summed E-state index contributed by atoms with van der Waals surface area (Å²) in [6, 6.07) is 15.9. The number of anilines is 2. The van der Waals surface area contributed by atoms with Crippen molar-refractivity contribution in [2.45, 2.75) is 32.6 Å². The molecule has 0 aromatic heterocycles. The lowest BCUT2D eigenvalue weighted by Gasteiger charge is -2.07. The molecule has 0 fully saturated rings. The molecule has 22 heavy (non-hydrogen) atoms. The molecule has 0 aliphatic heterocycles. The maximum atomic E-state index is 11.9. The zero-order valence-corrected chi connectivity index (χ0v) is 13.7. The number of rotatable bonds is 6. The van der Waals surface area contributed by atoms with Gasteiger partial charge in [0.15, 0.2) is 0 Å². The molecule has 0 unspecified atom stereocenters. The molecule has 0 spiro atoms. The van der Waals surface area contributed by atoms with Crippen molar-refractivity contribution in [3.63, 3.8) is 0 Å². The normalized spacial score (nSPS) is 9.86. The van der Waals surface area contributed by atoms with Crippen LogP contribution in [0.4, 0.5) is 11.4 Å². The highest BCUT2D eigenvalue weighted by atomic mass is 35.5. The number of hydrogen-bond acceptors (Lipinski definition) is 2. The number of aryl methyl sites for hydroxylation is 2. The van der Waals surface area contributed by atoms with E-state index in [0.717, 1.165) is 19.3 Å². The number of carbonyl (C=O) groups excluding carboxylic acids is 1. The van der Waals surface area contributed by atoms with Crippen LogP contribution in [0.2, 0.25) is 0 Å². The molecular weight excluding hydrogens is 296 g/mol. The van der Waals surface area contributed by atoms with Crippen molar-refractivity contribution < 1.29 is 4.79 Å². The van der Waals surface area contributed by atoms with Crippen LogP contribution in [0.5, 0.6) is 0 Å². The predicted molar refractivity (Wildman–Crippen MR) is 95.5 cm³/mol. The smallest absolute Gasteiger partial charge is 0.224 e. The Morgan fingerprint density at radius 2 is 1.73 bits per heavy atom. The largest absolute Gasteiger partial charge is 0.397 e. The van der Waals surface area contributed by atoms with Crippen LogP contribution in [0.25, 0.3) is 0 Å². The minimum Gasteiger partial charge on any atom is -0.397 e. The lowest BCUT2D eigenvalue weighted by molar-refractivity contribution is -0.116. The molecule has 0 aliphatic carbocycles. The summed E-state index contributed by atoms with van der Waals surface area (Å²) in [5, 5.41) is 2.85. The molecule has 118 valence electrons. The van der Waals surface area contributed by atoms with E-state index in [1.165, 1.54) is 11.1 Å². The van der Waals surface area contributed by atoms with Crippen molar-refractivity contribution in [2.75, 3.05) is 11.1 Å². The molecular formula is C18H23ClN2O. The Morgan fingerprint density at radius 3 is 2.41 bits per heavy atom. The fourth-order valence-electron chi connectivity index (χ4n) is 2.19. The minimum atomic E-state index is 0. The zero-order valence-electron chi connectivity index (χ0n) is 12.8. The second-order valence-corrected chi connectivity index (χ2v) is 5.33. The number of benzene rings is 2. The van der Waals surface area contributed by atoms with Gasteiger partial charge in [-0.15, -0.1) is 12.4 Å². The maximum absolute atomic E-state index is 11.9. The second-order valence-electron chi connectivity index (χ2n) is 5.33. The molecule has 2 rings (SSSR count). The number of hydrogen-bond donors (Lipinski definition) is 2. The van der Waals surface area contributed by atoms with Crippen molar-refractivity contribution >= 4 is 29.7 Å². The van der Waals surface area contributed by atoms with E-state index in [1.54, 1.807) is 6.07 Å².